The molecule has 24 heavy (non-hydrogen) atoms. The number of amides is 1. The first kappa shape index (κ1) is 17.0. The molecule has 2 aromatic carbocycles. The fraction of sp³-hybridized carbons (Fsp3) is 0.118. The lowest BCUT2D eigenvalue weighted by atomic mass is 10.2. The molecular weight excluding hydrogens is 310 g/mol. The van der Waals surface area contributed by atoms with Crippen molar-refractivity contribution in [1.29, 1.82) is 0 Å². The third kappa shape index (κ3) is 4.84. The molecule has 0 spiro atoms. The molecule has 2 aromatic rings. The maximum Gasteiger partial charge on any atom is 0.365 e. The van der Waals surface area contributed by atoms with Crippen molar-refractivity contribution in [3.63, 3.8) is 0 Å². The summed E-state index contributed by atoms with van der Waals surface area (Å²) < 4.78 is 5.13. The molecule has 0 atom stereocenters. The van der Waals surface area contributed by atoms with Crippen molar-refractivity contribution >= 4 is 17.7 Å². The van der Waals surface area contributed by atoms with Gasteiger partial charge in [0.05, 0.1) is 5.56 Å². The van der Waals surface area contributed by atoms with E-state index in [1.54, 1.807) is 48.5 Å². The third-order valence-electron chi connectivity index (χ3n) is 3.05. The predicted molar refractivity (Wildman–Crippen MR) is 88.5 cm³/mol. The van der Waals surface area contributed by atoms with Gasteiger partial charge >= 0.3 is 5.97 Å². The first-order valence-electron chi connectivity index (χ1n) is 7.08. The van der Waals surface area contributed by atoms with Crippen LogP contribution in [-0.2, 0) is 9.63 Å². The third-order valence-corrected chi connectivity index (χ3v) is 3.05. The van der Waals surface area contributed by atoms with Gasteiger partial charge in [0, 0.05) is 5.56 Å². The number of benzene rings is 2. The first-order valence-corrected chi connectivity index (χ1v) is 7.08. The van der Waals surface area contributed by atoms with Gasteiger partial charge in [-0.15, -0.1) is 0 Å². The summed E-state index contributed by atoms with van der Waals surface area (Å²) in [6.45, 7) is 1.71. The molecular formula is C17H17N3O4. The number of nitrogens with two attached hydrogens (primary N) is 2. The topological polar surface area (TPSA) is 117 Å². The van der Waals surface area contributed by atoms with E-state index in [0.717, 1.165) is 5.56 Å². The summed E-state index contributed by atoms with van der Waals surface area (Å²) in [5.74, 6) is -0.665. The van der Waals surface area contributed by atoms with Crippen LogP contribution in [-0.4, -0.2) is 24.3 Å². The van der Waals surface area contributed by atoms with E-state index in [0.29, 0.717) is 16.9 Å². The molecule has 2 rings (SSSR count). The van der Waals surface area contributed by atoms with Crippen LogP contribution >= 0.6 is 0 Å². The van der Waals surface area contributed by atoms with Gasteiger partial charge in [-0.05, 0) is 43.3 Å². The summed E-state index contributed by atoms with van der Waals surface area (Å²) in [5, 5.41) is 3.63. The summed E-state index contributed by atoms with van der Waals surface area (Å²) in [4.78, 5) is 27.3. The minimum Gasteiger partial charge on any atom is -0.484 e. The van der Waals surface area contributed by atoms with Gasteiger partial charge in [0.25, 0.3) is 5.91 Å². The highest BCUT2D eigenvalue weighted by molar-refractivity contribution is 5.98. The van der Waals surface area contributed by atoms with E-state index < -0.39 is 11.9 Å². The fourth-order valence-corrected chi connectivity index (χ4v) is 1.76. The second kappa shape index (κ2) is 7.77. The van der Waals surface area contributed by atoms with Gasteiger partial charge in [-0.1, -0.05) is 22.9 Å². The number of hydrogen-bond donors (Lipinski definition) is 2. The minimum atomic E-state index is -0.598. The van der Waals surface area contributed by atoms with Gasteiger partial charge in [0.15, 0.2) is 12.4 Å². The van der Waals surface area contributed by atoms with Crippen molar-refractivity contribution in [3.8, 4) is 5.75 Å². The van der Waals surface area contributed by atoms with Crippen LogP contribution in [0.3, 0.4) is 0 Å². The molecule has 0 fully saturated rings. The molecule has 4 N–H and O–H groups in total. The highest BCUT2D eigenvalue weighted by atomic mass is 16.7. The molecule has 7 heteroatoms. The molecule has 124 valence electrons. The summed E-state index contributed by atoms with van der Waals surface area (Å²) in [6, 6.07) is 13.3. The number of hydrogen-bond acceptors (Lipinski definition) is 5. The highest BCUT2D eigenvalue weighted by Crippen LogP contribution is 2.12. The SMILES string of the molecule is Cc1ccc(C(=O)O/N=C(\N)c2ccc(OCC(N)=O)cc2)cc1. The van der Waals surface area contributed by atoms with Gasteiger partial charge in [-0.2, -0.15) is 0 Å². The lowest BCUT2D eigenvalue weighted by molar-refractivity contribution is -0.119. The molecule has 0 bridgehead atoms. The monoisotopic (exact) mass is 327 g/mol. The smallest absolute Gasteiger partial charge is 0.365 e. The number of rotatable bonds is 6. The zero-order valence-electron chi connectivity index (χ0n) is 13.1. The number of primary amides is 1. The van der Waals surface area contributed by atoms with Crippen molar-refractivity contribution < 1.29 is 19.2 Å². The Hall–Kier alpha value is -3.35. The maximum atomic E-state index is 11.8. The predicted octanol–water partition coefficient (Wildman–Crippen LogP) is 1.34. The molecule has 1 amide bonds. The lowest BCUT2D eigenvalue weighted by Crippen LogP contribution is -2.20. The van der Waals surface area contributed by atoms with Crippen LogP contribution in [0.5, 0.6) is 5.75 Å². The van der Waals surface area contributed by atoms with Crippen molar-refractivity contribution in [3.05, 3.63) is 65.2 Å². The zero-order valence-corrected chi connectivity index (χ0v) is 13.1. The van der Waals surface area contributed by atoms with Crippen molar-refractivity contribution in [2.75, 3.05) is 6.61 Å². The number of carbonyl (C=O) groups is 2. The van der Waals surface area contributed by atoms with Crippen LogP contribution in [0, 0.1) is 6.92 Å². The zero-order chi connectivity index (χ0) is 17.5. The minimum absolute atomic E-state index is 0.0388. The van der Waals surface area contributed by atoms with Crippen LogP contribution in [0.2, 0.25) is 0 Å². The van der Waals surface area contributed by atoms with E-state index in [1.165, 1.54) is 0 Å². The van der Waals surface area contributed by atoms with Crippen molar-refractivity contribution in [1.82, 2.24) is 0 Å². The van der Waals surface area contributed by atoms with Gasteiger partial charge < -0.3 is 21.0 Å². The van der Waals surface area contributed by atoms with Crippen molar-refractivity contribution in [2.24, 2.45) is 16.6 Å². The van der Waals surface area contributed by atoms with E-state index in [-0.39, 0.29) is 12.4 Å². The van der Waals surface area contributed by atoms with Crippen LogP contribution in [0.4, 0.5) is 0 Å². The molecule has 0 unspecified atom stereocenters. The van der Waals surface area contributed by atoms with Gasteiger partial charge in [-0.3, -0.25) is 4.79 Å². The number of amidine groups is 1. The molecule has 0 heterocycles. The molecule has 0 aliphatic carbocycles. The van der Waals surface area contributed by atoms with Gasteiger partial charge in [0.2, 0.25) is 0 Å². The molecule has 0 saturated heterocycles. The van der Waals surface area contributed by atoms with Crippen molar-refractivity contribution in [2.45, 2.75) is 6.92 Å². The van der Waals surface area contributed by atoms with E-state index in [1.807, 2.05) is 6.92 Å². The van der Waals surface area contributed by atoms with E-state index in [9.17, 15) is 9.59 Å². The Labute approximate surface area is 138 Å². The Morgan fingerprint density at radius 2 is 1.54 bits per heavy atom. The molecule has 0 aliphatic heterocycles. The molecule has 0 aliphatic rings. The van der Waals surface area contributed by atoms with Crippen LogP contribution in [0.1, 0.15) is 21.5 Å². The van der Waals surface area contributed by atoms with E-state index in [4.69, 9.17) is 21.0 Å². The number of nitrogens with zero attached hydrogens (tertiary/aromatic N) is 1. The summed E-state index contributed by atoms with van der Waals surface area (Å²) in [6.07, 6.45) is 0. The van der Waals surface area contributed by atoms with Gasteiger partial charge in [0.1, 0.15) is 5.75 Å². The number of ether oxygens (including phenoxy) is 1. The molecule has 0 aromatic heterocycles. The van der Waals surface area contributed by atoms with E-state index in [2.05, 4.69) is 5.16 Å². The average Bonchev–Trinajstić information content (AvgIpc) is 2.58. The second-order valence-electron chi connectivity index (χ2n) is 5.00. The quantitative estimate of drug-likeness (QED) is 0.359. The Morgan fingerprint density at radius 3 is 2.12 bits per heavy atom. The highest BCUT2D eigenvalue weighted by Gasteiger charge is 2.08. The van der Waals surface area contributed by atoms with Crippen LogP contribution in [0.15, 0.2) is 53.7 Å². The first-order chi connectivity index (χ1) is 11.5. The summed E-state index contributed by atoms with van der Waals surface area (Å²) in [7, 11) is 0. The molecule has 0 saturated carbocycles. The van der Waals surface area contributed by atoms with Crippen LogP contribution < -0.4 is 16.2 Å². The number of aryl methyl sites for hydroxylation is 1. The number of oxime groups is 1. The standard InChI is InChI=1S/C17H17N3O4/c1-11-2-4-13(5-3-11)17(22)24-20-16(19)12-6-8-14(9-7-12)23-10-15(18)21/h2-9H,10H2,1H3,(H2,18,21)(H2,19,20). The summed E-state index contributed by atoms with van der Waals surface area (Å²) in [5.41, 5.74) is 12.7. The molecule has 7 nitrogen and oxygen atoms in total. The molecule has 0 radical (unpaired) electrons. The Balaban J connectivity index is 1.98. The Bertz CT molecular complexity index is 752. The Kier molecular flexibility index (Phi) is 5.51. The fourth-order valence-electron chi connectivity index (χ4n) is 1.76. The van der Waals surface area contributed by atoms with Gasteiger partial charge in [-0.25, -0.2) is 4.79 Å². The van der Waals surface area contributed by atoms with Crippen LogP contribution in [0.25, 0.3) is 0 Å². The Morgan fingerprint density at radius 1 is 0.958 bits per heavy atom. The summed E-state index contributed by atoms with van der Waals surface area (Å²) >= 11 is 0. The second-order valence-corrected chi connectivity index (χ2v) is 5.00. The van der Waals surface area contributed by atoms with E-state index >= 15 is 0 Å². The lowest BCUT2D eigenvalue weighted by Gasteiger charge is -2.05. The number of carbonyl (C=O) groups excluding carboxylic acids is 2. The largest absolute Gasteiger partial charge is 0.484 e. The normalized spacial score (nSPS) is 11.0. The average molecular weight is 327 g/mol. The maximum absolute atomic E-state index is 11.8.